The zero-order valence-electron chi connectivity index (χ0n) is 15.2. The smallest absolute Gasteiger partial charge is 0.245 e. The number of carbonyl (C=O) groups excluding carboxylic acids is 1. The van der Waals surface area contributed by atoms with Crippen LogP contribution in [0.5, 0.6) is 5.75 Å². The van der Waals surface area contributed by atoms with Gasteiger partial charge in [0.2, 0.25) is 5.91 Å². The number of aromatic nitrogens is 1. The van der Waals surface area contributed by atoms with Gasteiger partial charge >= 0.3 is 0 Å². The fourth-order valence-electron chi connectivity index (χ4n) is 2.95. The van der Waals surface area contributed by atoms with E-state index in [-0.39, 0.29) is 22.8 Å². The molecule has 1 aromatic carbocycles. The average molecular weight is 439 g/mol. The summed E-state index contributed by atoms with van der Waals surface area (Å²) in [7, 11) is 1.64. The van der Waals surface area contributed by atoms with Crippen LogP contribution in [0.3, 0.4) is 0 Å². The summed E-state index contributed by atoms with van der Waals surface area (Å²) in [6, 6.07) is 7.59. The molecule has 2 aromatic rings. The van der Waals surface area contributed by atoms with Crippen molar-refractivity contribution in [3.8, 4) is 17.0 Å². The standard InChI is InChI=1S/C18H23BrN4O2S/c1-9(2)14-13(19)16(23-22-14)17(24)21-18-20-15(10(3)26-18)11-5-7-12(25-4)8-6-11/h5-9,13-14,16,22-23H,1-4H3,(H,20,21,24). The third-order valence-corrected chi connectivity index (χ3v) is 6.44. The van der Waals surface area contributed by atoms with Crippen molar-refractivity contribution in [1.82, 2.24) is 15.8 Å². The van der Waals surface area contributed by atoms with Crippen LogP contribution in [-0.2, 0) is 4.79 Å². The minimum Gasteiger partial charge on any atom is -0.497 e. The van der Waals surface area contributed by atoms with Crippen LogP contribution in [0.4, 0.5) is 5.13 Å². The predicted octanol–water partition coefficient (Wildman–Crippen LogP) is 3.33. The van der Waals surface area contributed by atoms with Gasteiger partial charge in [-0.2, -0.15) is 0 Å². The van der Waals surface area contributed by atoms with E-state index in [2.05, 4.69) is 50.9 Å². The molecule has 1 aliphatic heterocycles. The Kier molecular flexibility index (Phi) is 5.96. The highest BCUT2D eigenvalue weighted by molar-refractivity contribution is 9.09. The molecule has 8 heteroatoms. The predicted molar refractivity (Wildman–Crippen MR) is 109 cm³/mol. The molecular weight excluding hydrogens is 416 g/mol. The molecule has 2 heterocycles. The first kappa shape index (κ1) is 19.3. The first-order valence-electron chi connectivity index (χ1n) is 8.48. The number of thiazole rings is 1. The minimum absolute atomic E-state index is 0.0182. The second kappa shape index (κ2) is 8.04. The van der Waals surface area contributed by atoms with Crippen molar-refractivity contribution in [2.75, 3.05) is 12.4 Å². The van der Waals surface area contributed by atoms with Crippen LogP contribution >= 0.6 is 27.3 Å². The normalized spacial score (nSPS) is 22.6. The van der Waals surface area contributed by atoms with Gasteiger partial charge in [0.1, 0.15) is 11.8 Å². The van der Waals surface area contributed by atoms with Crippen molar-refractivity contribution >= 4 is 38.3 Å². The first-order valence-corrected chi connectivity index (χ1v) is 10.2. The van der Waals surface area contributed by atoms with Crippen LogP contribution in [0.25, 0.3) is 11.3 Å². The number of hydrazine groups is 1. The van der Waals surface area contributed by atoms with Crippen molar-refractivity contribution in [3.63, 3.8) is 0 Å². The molecule has 1 aromatic heterocycles. The number of anilines is 1. The van der Waals surface area contributed by atoms with Gasteiger partial charge in [-0.05, 0) is 37.1 Å². The third-order valence-electron chi connectivity index (χ3n) is 4.46. The van der Waals surface area contributed by atoms with Gasteiger partial charge in [0.25, 0.3) is 0 Å². The molecular formula is C18H23BrN4O2S. The molecule has 140 valence electrons. The lowest BCUT2D eigenvalue weighted by atomic mass is 9.99. The summed E-state index contributed by atoms with van der Waals surface area (Å²) in [5, 5.41) is 3.54. The molecule has 1 saturated heterocycles. The van der Waals surface area contributed by atoms with E-state index >= 15 is 0 Å². The number of halogens is 1. The van der Waals surface area contributed by atoms with Gasteiger partial charge in [0.15, 0.2) is 5.13 Å². The molecule has 6 nitrogen and oxygen atoms in total. The molecule has 3 unspecified atom stereocenters. The maximum Gasteiger partial charge on any atom is 0.245 e. The summed E-state index contributed by atoms with van der Waals surface area (Å²) >= 11 is 5.12. The van der Waals surface area contributed by atoms with E-state index in [0.29, 0.717) is 11.0 Å². The van der Waals surface area contributed by atoms with Crippen molar-refractivity contribution in [3.05, 3.63) is 29.1 Å². The zero-order valence-corrected chi connectivity index (χ0v) is 17.6. The number of alkyl halides is 1. The van der Waals surface area contributed by atoms with Crippen LogP contribution in [-0.4, -0.2) is 34.9 Å². The summed E-state index contributed by atoms with van der Waals surface area (Å²) in [6.45, 7) is 6.25. The highest BCUT2D eigenvalue weighted by Gasteiger charge is 2.40. The third kappa shape index (κ3) is 3.93. The van der Waals surface area contributed by atoms with Crippen LogP contribution in [0, 0.1) is 12.8 Å². The zero-order chi connectivity index (χ0) is 18.8. The lowest BCUT2D eigenvalue weighted by molar-refractivity contribution is -0.117. The largest absolute Gasteiger partial charge is 0.497 e. The second-order valence-corrected chi connectivity index (χ2v) is 8.88. The van der Waals surface area contributed by atoms with Gasteiger partial charge in [-0.1, -0.05) is 29.8 Å². The van der Waals surface area contributed by atoms with E-state index in [1.54, 1.807) is 7.11 Å². The molecule has 3 rings (SSSR count). The van der Waals surface area contributed by atoms with Crippen molar-refractivity contribution in [2.45, 2.75) is 37.7 Å². The SMILES string of the molecule is COc1ccc(-c2nc(NC(=O)C3NNC(C(C)C)C3Br)sc2C)cc1. The molecule has 0 spiro atoms. The number of carbonyl (C=O) groups is 1. The lowest BCUT2D eigenvalue weighted by Crippen LogP contribution is -2.42. The van der Waals surface area contributed by atoms with E-state index in [9.17, 15) is 4.79 Å². The van der Waals surface area contributed by atoms with E-state index in [4.69, 9.17) is 4.74 Å². The maximum atomic E-state index is 12.6. The number of ether oxygens (including phenoxy) is 1. The number of methoxy groups -OCH3 is 1. The molecule has 1 fully saturated rings. The number of aryl methyl sites for hydroxylation is 1. The topological polar surface area (TPSA) is 75.3 Å². The van der Waals surface area contributed by atoms with Gasteiger partial charge in [0, 0.05) is 16.5 Å². The Bertz CT molecular complexity index is 778. The highest BCUT2D eigenvalue weighted by Crippen LogP contribution is 2.32. The summed E-state index contributed by atoms with van der Waals surface area (Å²) in [6.07, 6.45) is 0. The second-order valence-electron chi connectivity index (χ2n) is 6.62. The molecule has 1 aliphatic rings. The van der Waals surface area contributed by atoms with Gasteiger partial charge in [-0.3, -0.25) is 10.2 Å². The number of hydrogen-bond donors (Lipinski definition) is 3. The Balaban J connectivity index is 1.72. The van der Waals surface area contributed by atoms with Gasteiger partial charge in [-0.25, -0.2) is 10.4 Å². The lowest BCUT2D eigenvalue weighted by Gasteiger charge is -2.19. The minimum atomic E-state index is -0.351. The molecule has 3 atom stereocenters. The van der Waals surface area contributed by atoms with E-state index in [0.717, 1.165) is 21.9 Å². The van der Waals surface area contributed by atoms with Crippen molar-refractivity contribution in [1.29, 1.82) is 0 Å². The number of nitrogens with one attached hydrogen (secondary N) is 3. The Labute approximate surface area is 165 Å². The fraction of sp³-hybridized carbons (Fsp3) is 0.444. The van der Waals surface area contributed by atoms with Gasteiger partial charge in [0.05, 0.1) is 17.6 Å². The summed E-state index contributed by atoms with van der Waals surface area (Å²) in [5.41, 5.74) is 8.14. The Morgan fingerprint density at radius 3 is 2.58 bits per heavy atom. The van der Waals surface area contributed by atoms with Gasteiger partial charge < -0.3 is 10.1 Å². The summed E-state index contributed by atoms with van der Waals surface area (Å²) in [4.78, 5) is 18.3. The number of amides is 1. The molecule has 0 saturated carbocycles. The van der Waals surface area contributed by atoms with E-state index in [1.165, 1.54) is 11.3 Å². The van der Waals surface area contributed by atoms with Crippen LogP contribution in [0.2, 0.25) is 0 Å². The van der Waals surface area contributed by atoms with Crippen LogP contribution in [0.1, 0.15) is 18.7 Å². The highest BCUT2D eigenvalue weighted by atomic mass is 79.9. The number of rotatable bonds is 5. The number of benzene rings is 1. The molecule has 26 heavy (non-hydrogen) atoms. The molecule has 1 amide bonds. The van der Waals surface area contributed by atoms with Crippen LogP contribution < -0.4 is 20.9 Å². The quantitative estimate of drug-likeness (QED) is 0.624. The monoisotopic (exact) mass is 438 g/mol. The Hall–Kier alpha value is -1.48. The van der Waals surface area contributed by atoms with Crippen LogP contribution in [0.15, 0.2) is 24.3 Å². The summed E-state index contributed by atoms with van der Waals surface area (Å²) < 4.78 is 5.19. The van der Waals surface area contributed by atoms with E-state index in [1.807, 2.05) is 31.2 Å². The van der Waals surface area contributed by atoms with Crippen molar-refractivity contribution in [2.24, 2.45) is 5.92 Å². The maximum absolute atomic E-state index is 12.6. The van der Waals surface area contributed by atoms with Gasteiger partial charge in [-0.15, -0.1) is 11.3 Å². The average Bonchev–Trinajstić information content (AvgIpc) is 3.17. The molecule has 3 N–H and O–H groups in total. The summed E-state index contributed by atoms with van der Waals surface area (Å²) in [5.74, 6) is 1.11. The Morgan fingerprint density at radius 1 is 1.31 bits per heavy atom. The molecule has 0 bridgehead atoms. The number of nitrogens with zero attached hydrogens (tertiary/aromatic N) is 1. The Morgan fingerprint density at radius 2 is 2.00 bits per heavy atom. The first-order chi connectivity index (χ1) is 12.4. The molecule has 0 radical (unpaired) electrons. The van der Waals surface area contributed by atoms with E-state index < -0.39 is 0 Å². The fourth-order valence-corrected chi connectivity index (χ4v) is 4.90. The van der Waals surface area contributed by atoms with Crippen molar-refractivity contribution < 1.29 is 9.53 Å². The number of hydrogen-bond acceptors (Lipinski definition) is 6. The molecule has 0 aliphatic carbocycles.